The maximum Gasteiger partial charge on any atom is 0.407 e. The molecule has 1 aromatic rings. The van der Waals surface area contributed by atoms with E-state index in [2.05, 4.69) is 21.3 Å². The third kappa shape index (κ3) is 14.9. The summed E-state index contributed by atoms with van der Waals surface area (Å²) in [5.74, 6) is -1.72. The lowest BCUT2D eigenvalue weighted by Gasteiger charge is -2.21. The zero-order valence-corrected chi connectivity index (χ0v) is 23.2. The van der Waals surface area contributed by atoms with Crippen molar-refractivity contribution in [3.05, 3.63) is 35.9 Å². The first-order valence-electron chi connectivity index (χ1n) is 13.1. The van der Waals surface area contributed by atoms with E-state index in [1.165, 1.54) is 13.8 Å². The number of aliphatic hydroxyl groups excluding tert-OH is 1. The van der Waals surface area contributed by atoms with E-state index in [1.807, 2.05) is 19.9 Å². The van der Waals surface area contributed by atoms with Crippen molar-refractivity contribution < 1.29 is 38.6 Å². The Morgan fingerprint density at radius 3 is 2.18 bits per heavy atom. The molecule has 0 aromatic heterocycles. The van der Waals surface area contributed by atoms with Gasteiger partial charge in [0.15, 0.2) is 5.78 Å². The van der Waals surface area contributed by atoms with Crippen molar-refractivity contribution >= 4 is 29.6 Å². The molecule has 3 atom stereocenters. The van der Waals surface area contributed by atoms with E-state index in [0.29, 0.717) is 19.4 Å². The summed E-state index contributed by atoms with van der Waals surface area (Å²) in [5, 5.41) is 18.8. The molecule has 0 unspecified atom stereocenters. The van der Waals surface area contributed by atoms with Crippen LogP contribution in [0.25, 0.3) is 0 Å². The molecule has 4 amide bonds. The summed E-state index contributed by atoms with van der Waals surface area (Å²) in [7, 11) is 0. The van der Waals surface area contributed by atoms with Crippen LogP contribution in [-0.2, 0) is 35.1 Å². The van der Waals surface area contributed by atoms with E-state index in [9.17, 15) is 24.0 Å². The van der Waals surface area contributed by atoms with E-state index < -0.39 is 48.5 Å². The Bertz CT molecular complexity index is 926. The highest BCUT2D eigenvalue weighted by molar-refractivity contribution is 5.93. The van der Waals surface area contributed by atoms with Crippen LogP contribution < -0.4 is 21.3 Å². The molecule has 12 heteroatoms. The Kier molecular flexibility index (Phi) is 16.1. The first kappa shape index (κ1) is 33.5. The van der Waals surface area contributed by atoms with Crippen LogP contribution in [0, 0.1) is 5.92 Å². The number of alkyl carbamates (subject to hydrolysis) is 1. The number of benzene rings is 1. The SMILES string of the molecule is CC(=O)[C@H](CC(C)C)NC(=O)[C@H](C)NC(=O)CNC(=O)[C@H](Cc1ccccc1)NC(=O)OCCOCCCO. The lowest BCUT2D eigenvalue weighted by atomic mass is 10.0. The van der Waals surface area contributed by atoms with Gasteiger partial charge in [-0.25, -0.2) is 4.79 Å². The summed E-state index contributed by atoms with van der Waals surface area (Å²) in [4.78, 5) is 61.8. The molecule has 0 bridgehead atoms. The van der Waals surface area contributed by atoms with Crippen LogP contribution in [0.2, 0.25) is 0 Å². The Morgan fingerprint density at radius 1 is 0.872 bits per heavy atom. The smallest absolute Gasteiger partial charge is 0.407 e. The second kappa shape index (κ2) is 18.7. The Hall–Kier alpha value is -3.51. The van der Waals surface area contributed by atoms with Crippen LogP contribution in [0.1, 0.15) is 46.1 Å². The van der Waals surface area contributed by atoms with Gasteiger partial charge in [0.05, 0.1) is 19.2 Å². The summed E-state index contributed by atoms with van der Waals surface area (Å²) in [6, 6.07) is 6.39. The molecule has 0 spiro atoms. The number of nitrogens with one attached hydrogen (secondary N) is 4. The molecule has 0 aliphatic rings. The predicted molar refractivity (Wildman–Crippen MR) is 144 cm³/mol. The number of amides is 4. The van der Waals surface area contributed by atoms with E-state index in [1.54, 1.807) is 24.3 Å². The summed E-state index contributed by atoms with van der Waals surface area (Å²) in [5.41, 5.74) is 0.779. The molecule has 0 aliphatic heterocycles. The number of hydrogen-bond acceptors (Lipinski definition) is 8. The number of ketones is 1. The number of ether oxygens (including phenoxy) is 2. The fourth-order valence-electron chi connectivity index (χ4n) is 3.45. The molecule has 0 fully saturated rings. The zero-order chi connectivity index (χ0) is 29.2. The average Bonchev–Trinajstić information content (AvgIpc) is 2.88. The van der Waals surface area contributed by atoms with E-state index in [-0.39, 0.29) is 37.9 Å². The molecule has 218 valence electrons. The van der Waals surface area contributed by atoms with Gasteiger partial charge < -0.3 is 35.8 Å². The average molecular weight is 551 g/mol. The maximum absolute atomic E-state index is 12.9. The molecule has 0 saturated carbocycles. The molecule has 1 rings (SSSR count). The number of carbonyl (C=O) groups excluding carboxylic acids is 5. The highest BCUT2D eigenvalue weighted by Gasteiger charge is 2.25. The van der Waals surface area contributed by atoms with Gasteiger partial charge in [-0.3, -0.25) is 19.2 Å². The number of rotatable bonds is 18. The predicted octanol–water partition coefficient (Wildman–Crippen LogP) is 0.464. The standard InChI is InChI=1S/C27H42N4O8/c1-18(2)15-22(20(4)33)30-25(35)19(3)29-24(34)17-28-26(36)23(16-21-9-6-5-7-10-21)31-27(37)39-14-13-38-12-8-11-32/h5-7,9-10,18-19,22-23,32H,8,11-17H2,1-4H3,(H,28,36)(H,29,34)(H,30,35)(H,31,37)/t19-,22-,23-/m0/s1. The summed E-state index contributed by atoms with van der Waals surface area (Å²) in [6.07, 6.45) is 0.275. The van der Waals surface area contributed by atoms with Crippen LogP contribution in [-0.4, -0.2) is 85.8 Å². The van der Waals surface area contributed by atoms with Crippen molar-refractivity contribution in [1.82, 2.24) is 21.3 Å². The minimum absolute atomic E-state index is 0.000379. The Balaban J connectivity index is 2.63. The minimum Gasteiger partial charge on any atom is -0.447 e. The molecule has 39 heavy (non-hydrogen) atoms. The van der Waals surface area contributed by atoms with E-state index in [4.69, 9.17) is 14.6 Å². The molecule has 0 aliphatic carbocycles. The van der Waals surface area contributed by atoms with Gasteiger partial charge in [-0.1, -0.05) is 44.2 Å². The summed E-state index contributed by atoms with van der Waals surface area (Å²) < 4.78 is 10.3. The van der Waals surface area contributed by atoms with E-state index >= 15 is 0 Å². The zero-order valence-electron chi connectivity index (χ0n) is 23.2. The normalized spacial score (nSPS) is 13.1. The van der Waals surface area contributed by atoms with Crippen LogP contribution in [0.4, 0.5) is 4.79 Å². The first-order chi connectivity index (χ1) is 18.5. The van der Waals surface area contributed by atoms with Gasteiger partial charge in [0.25, 0.3) is 0 Å². The van der Waals surface area contributed by atoms with Crippen LogP contribution in [0.3, 0.4) is 0 Å². The highest BCUT2D eigenvalue weighted by atomic mass is 16.6. The highest BCUT2D eigenvalue weighted by Crippen LogP contribution is 2.06. The van der Waals surface area contributed by atoms with Gasteiger partial charge in [-0.05, 0) is 38.2 Å². The number of aliphatic hydroxyl groups is 1. The third-order valence-corrected chi connectivity index (χ3v) is 5.51. The maximum atomic E-state index is 12.9. The van der Waals surface area contributed by atoms with Gasteiger partial charge in [0, 0.05) is 19.6 Å². The molecule has 0 radical (unpaired) electrons. The second-order valence-electron chi connectivity index (χ2n) is 9.52. The monoisotopic (exact) mass is 550 g/mol. The minimum atomic E-state index is -1.03. The van der Waals surface area contributed by atoms with Crippen molar-refractivity contribution in [1.29, 1.82) is 0 Å². The topological polar surface area (TPSA) is 172 Å². The molecule has 5 N–H and O–H groups in total. The number of Topliss-reactive ketones (excluding diaryl/α,β-unsaturated/α-hetero) is 1. The summed E-state index contributed by atoms with van der Waals surface area (Å²) in [6.45, 7) is 6.74. The summed E-state index contributed by atoms with van der Waals surface area (Å²) >= 11 is 0. The lowest BCUT2D eigenvalue weighted by Crippen LogP contribution is -2.53. The van der Waals surface area contributed by atoms with Gasteiger partial charge in [-0.15, -0.1) is 0 Å². The third-order valence-electron chi connectivity index (χ3n) is 5.51. The quantitative estimate of drug-likeness (QED) is 0.164. The van der Waals surface area contributed by atoms with Gasteiger partial charge in [0.2, 0.25) is 17.7 Å². The lowest BCUT2D eigenvalue weighted by molar-refractivity contribution is -0.131. The largest absolute Gasteiger partial charge is 0.447 e. The molecular weight excluding hydrogens is 508 g/mol. The second-order valence-corrected chi connectivity index (χ2v) is 9.52. The number of hydrogen-bond donors (Lipinski definition) is 5. The molecular formula is C27H42N4O8. The molecule has 1 aromatic carbocycles. The van der Waals surface area contributed by atoms with Gasteiger partial charge in [0.1, 0.15) is 18.7 Å². The fraction of sp³-hybridized carbons (Fsp3) is 0.593. The van der Waals surface area contributed by atoms with Crippen molar-refractivity contribution in [2.45, 2.75) is 65.1 Å². The fourth-order valence-corrected chi connectivity index (χ4v) is 3.45. The van der Waals surface area contributed by atoms with Gasteiger partial charge in [-0.2, -0.15) is 0 Å². The molecule has 0 heterocycles. The van der Waals surface area contributed by atoms with Crippen LogP contribution >= 0.6 is 0 Å². The Morgan fingerprint density at radius 2 is 1.56 bits per heavy atom. The van der Waals surface area contributed by atoms with Crippen LogP contribution in [0.5, 0.6) is 0 Å². The Labute approximate surface area is 229 Å². The molecule has 12 nitrogen and oxygen atoms in total. The van der Waals surface area contributed by atoms with Crippen molar-refractivity contribution in [2.75, 3.05) is 33.0 Å². The van der Waals surface area contributed by atoms with Crippen molar-refractivity contribution in [2.24, 2.45) is 5.92 Å². The van der Waals surface area contributed by atoms with Crippen LogP contribution in [0.15, 0.2) is 30.3 Å². The molecule has 0 saturated heterocycles. The van der Waals surface area contributed by atoms with Gasteiger partial charge >= 0.3 is 6.09 Å². The number of carbonyl (C=O) groups is 5. The first-order valence-corrected chi connectivity index (χ1v) is 13.1. The van der Waals surface area contributed by atoms with Crippen molar-refractivity contribution in [3.63, 3.8) is 0 Å². The van der Waals surface area contributed by atoms with Crippen molar-refractivity contribution in [3.8, 4) is 0 Å². The van der Waals surface area contributed by atoms with E-state index in [0.717, 1.165) is 5.56 Å².